The number of carboxylic acid groups (broad SMARTS) is 1. The number of methoxy groups -OCH3 is 1. The first kappa shape index (κ1) is 26.8. The Kier molecular flexibility index (Phi) is 8.58. The molecule has 1 aliphatic rings. The molecule has 1 heterocycles. The zero-order chi connectivity index (χ0) is 26.5. The number of amidine groups is 1. The SMILES string of the molecule is CCN1C(=O)/C(=C/c2cc(Br)c(OCc3ccccc3Cl)c(OC)c2)SC1=Nc1cccc(C(=O)O)c1. The van der Waals surface area contributed by atoms with Gasteiger partial charge in [0.15, 0.2) is 16.7 Å². The number of hydrogen-bond acceptors (Lipinski definition) is 6. The van der Waals surface area contributed by atoms with Gasteiger partial charge in [-0.25, -0.2) is 9.79 Å². The average molecular weight is 602 g/mol. The Morgan fingerprint density at radius 1 is 1.19 bits per heavy atom. The third-order valence-electron chi connectivity index (χ3n) is 5.40. The second-order valence-electron chi connectivity index (χ2n) is 7.82. The number of halogens is 2. The van der Waals surface area contributed by atoms with Crippen LogP contribution < -0.4 is 9.47 Å². The summed E-state index contributed by atoms with van der Waals surface area (Å²) >= 11 is 11.0. The van der Waals surface area contributed by atoms with Gasteiger partial charge in [0.2, 0.25) is 0 Å². The van der Waals surface area contributed by atoms with Crippen molar-refractivity contribution < 1.29 is 24.2 Å². The van der Waals surface area contributed by atoms with E-state index in [-0.39, 0.29) is 18.1 Å². The summed E-state index contributed by atoms with van der Waals surface area (Å²) in [5, 5.41) is 10.3. The molecule has 190 valence electrons. The minimum atomic E-state index is -1.04. The van der Waals surface area contributed by atoms with Gasteiger partial charge in [0, 0.05) is 17.1 Å². The normalized spacial score (nSPS) is 15.5. The quantitative estimate of drug-likeness (QED) is 0.279. The zero-order valence-electron chi connectivity index (χ0n) is 19.9. The summed E-state index contributed by atoms with van der Waals surface area (Å²) in [7, 11) is 1.55. The van der Waals surface area contributed by atoms with E-state index in [0.29, 0.717) is 43.3 Å². The van der Waals surface area contributed by atoms with Crippen molar-refractivity contribution in [2.45, 2.75) is 13.5 Å². The van der Waals surface area contributed by atoms with Gasteiger partial charge >= 0.3 is 5.97 Å². The van der Waals surface area contributed by atoms with E-state index in [4.69, 9.17) is 21.1 Å². The maximum Gasteiger partial charge on any atom is 0.335 e. The molecule has 0 aliphatic carbocycles. The highest BCUT2D eigenvalue weighted by molar-refractivity contribution is 9.10. The standard InChI is InChI=1S/C27H22BrClN2O5S/c1-3-31-25(32)23(37-27(31)30-19-9-6-8-17(14-19)26(33)34)13-16-11-20(28)24(22(12-16)35-2)36-15-18-7-4-5-10-21(18)29/h4-14H,3,15H2,1-2H3,(H,33,34)/b23-13-,30-27?. The van der Waals surface area contributed by atoms with Crippen LogP contribution in [0.25, 0.3) is 6.08 Å². The van der Waals surface area contributed by atoms with Crippen molar-refractivity contribution in [2.24, 2.45) is 4.99 Å². The molecule has 0 spiro atoms. The smallest absolute Gasteiger partial charge is 0.335 e. The molecule has 7 nitrogen and oxygen atoms in total. The van der Waals surface area contributed by atoms with Crippen LogP contribution in [0.5, 0.6) is 11.5 Å². The van der Waals surface area contributed by atoms with Crippen LogP contribution in [0.1, 0.15) is 28.4 Å². The minimum Gasteiger partial charge on any atom is -0.493 e. The number of carbonyl (C=O) groups excluding carboxylic acids is 1. The number of ether oxygens (including phenoxy) is 2. The summed E-state index contributed by atoms with van der Waals surface area (Å²) in [6.07, 6.45) is 1.76. The van der Waals surface area contributed by atoms with E-state index in [9.17, 15) is 14.7 Å². The van der Waals surface area contributed by atoms with Crippen LogP contribution in [-0.4, -0.2) is 40.7 Å². The number of nitrogens with zero attached hydrogens (tertiary/aromatic N) is 2. The molecule has 3 aromatic rings. The molecule has 1 saturated heterocycles. The summed E-state index contributed by atoms with van der Waals surface area (Å²) < 4.78 is 12.2. The van der Waals surface area contributed by atoms with Gasteiger partial charge in [-0.1, -0.05) is 35.9 Å². The highest BCUT2D eigenvalue weighted by Gasteiger charge is 2.32. The monoisotopic (exact) mass is 600 g/mol. The van der Waals surface area contributed by atoms with Crippen LogP contribution in [0.15, 0.2) is 75.0 Å². The summed E-state index contributed by atoms with van der Waals surface area (Å²) in [5.41, 5.74) is 2.16. The van der Waals surface area contributed by atoms with E-state index in [0.717, 1.165) is 11.1 Å². The number of carbonyl (C=O) groups is 2. The Bertz CT molecular complexity index is 1430. The van der Waals surface area contributed by atoms with Crippen LogP contribution in [0.4, 0.5) is 5.69 Å². The van der Waals surface area contributed by atoms with Crippen LogP contribution in [0.3, 0.4) is 0 Å². The van der Waals surface area contributed by atoms with Crippen molar-refractivity contribution in [3.05, 3.63) is 91.8 Å². The van der Waals surface area contributed by atoms with Crippen LogP contribution >= 0.6 is 39.3 Å². The molecule has 10 heteroatoms. The lowest BCUT2D eigenvalue weighted by Crippen LogP contribution is -2.28. The molecule has 4 rings (SSSR count). The molecular formula is C27H22BrClN2O5S. The number of amides is 1. The highest BCUT2D eigenvalue weighted by Crippen LogP contribution is 2.40. The van der Waals surface area contributed by atoms with Crippen molar-refractivity contribution in [1.82, 2.24) is 4.90 Å². The third kappa shape index (κ3) is 6.18. The maximum absolute atomic E-state index is 13.1. The second-order valence-corrected chi connectivity index (χ2v) is 10.1. The summed E-state index contributed by atoms with van der Waals surface area (Å²) in [6.45, 7) is 2.54. The topological polar surface area (TPSA) is 88.4 Å². The van der Waals surface area contributed by atoms with E-state index in [1.165, 1.54) is 23.9 Å². The number of aromatic carboxylic acids is 1. The van der Waals surface area contributed by atoms with Crippen molar-refractivity contribution in [2.75, 3.05) is 13.7 Å². The fraction of sp³-hybridized carbons (Fsp3) is 0.148. The van der Waals surface area contributed by atoms with Crippen molar-refractivity contribution >= 4 is 68.1 Å². The van der Waals surface area contributed by atoms with Gasteiger partial charge in [-0.3, -0.25) is 9.69 Å². The third-order valence-corrected chi connectivity index (χ3v) is 7.37. The molecule has 0 saturated carbocycles. The summed E-state index contributed by atoms with van der Waals surface area (Å²) in [6, 6.07) is 17.4. The van der Waals surface area contributed by atoms with Gasteiger partial charge in [-0.2, -0.15) is 0 Å². The van der Waals surface area contributed by atoms with E-state index >= 15 is 0 Å². The lowest BCUT2D eigenvalue weighted by molar-refractivity contribution is -0.122. The van der Waals surface area contributed by atoms with Crippen molar-refractivity contribution in [3.8, 4) is 11.5 Å². The lowest BCUT2D eigenvalue weighted by atomic mass is 10.1. The van der Waals surface area contributed by atoms with E-state index in [1.807, 2.05) is 31.2 Å². The Morgan fingerprint density at radius 2 is 1.97 bits per heavy atom. The molecule has 0 aromatic heterocycles. The number of hydrogen-bond donors (Lipinski definition) is 1. The summed E-state index contributed by atoms with van der Waals surface area (Å²) in [4.78, 5) is 31.0. The Balaban J connectivity index is 1.60. The molecule has 0 unspecified atom stereocenters. The first-order valence-corrected chi connectivity index (χ1v) is 13.2. The van der Waals surface area contributed by atoms with Crippen molar-refractivity contribution in [1.29, 1.82) is 0 Å². The Labute approximate surface area is 231 Å². The fourth-order valence-corrected chi connectivity index (χ4v) is 5.40. The molecule has 1 fully saturated rings. The molecule has 1 N–H and O–H groups in total. The number of benzene rings is 3. The Hall–Kier alpha value is -3.27. The van der Waals surface area contributed by atoms with E-state index in [2.05, 4.69) is 20.9 Å². The zero-order valence-corrected chi connectivity index (χ0v) is 23.1. The maximum atomic E-state index is 13.1. The number of aliphatic imine (C=N–C) groups is 1. The van der Waals surface area contributed by atoms with Crippen LogP contribution in [0, 0.1) is 0 Å². The highest BCUT2D eigenvalue weighted by atomic mass is 79.9. The lowest BCUT2D eigenvalue weighted by Gasteiger charge is -2.14. The molecular weight excluding hydrogens is 580 g/mol. The molecule has 37 heavy (non-hydrogen) atoms. The number of rotatable bonds is 8. The molecule has 1 amide bonds. The van der Waals surface area contributed by atoms with Gasteiger partial charge < -0.3 is 14.6 Å². The largest absolute Gasteiger partial charge is 0.493 e. The van der Waals surface area contributed by atoms with Gasteiger partial charge in [-0.15, -0.1) is 0 Å². The van der Waals surface area contributed by atoms with Gasteiger partial charge in [0.25, 0.3) is 5.91 Å². The van der Waals surface area contributed by atoms with Gasteiger partial charge in [-0.05, 0) is 82.7 Å². The average Bonchev–Trinajstić information content (AvgIpc) is 3.17. The van der Waals surface area contributed by atoms with Gasteiger partial charge in [0.05, 0.1) is 27.7 Å². The molecule has 0 bridgehead atoms. The predicted octanol–water partition coefficient (Wildman–Crippen LogP) is 7.01. The minimum absolute atomic E-state index is 0.128. The molecule has 0 radical (unpaired) electrons. The predicted molar refractivity (Wildman–Crippen MR) is 150 cm³/mol. The summed E-state index contributed by atoms with van der Waals surface area (Å²) in [5.74, 6) is -0.208. The van der Waals surface area contributed by atoms with Crippen LogP contribution in [0.2, 0.25) is 5.02 Å². The van der Waals surface area contributed by atoms with Crippen molar-refractivity contribution in [3.63, 3.8) is 0 Å². The van der Waals surface area contributed by atoms with Gasteiger partial charge in [0.1, 0.15) is 6.61 Å². The number of thioether (sulfide) groups is 1. The van der Waals surface area contributed by atoms with E-state index in [1.54, 1.807) is 42.4 Å². The molecule has 0 atom stereocenters. The van der Waals surface area contributed by atoms with E-state index < -0.39 is 5.97 Å². The fourth-order valence-electron chi connectivity index (χ4n) is 3.57. The van der Waals surface area contributed by atoms with Crippen LogP contribution in [-0.2, 0) is 11.4 Å². The molecule has 1 aliphatic heterocycles. The second kappa shape index (κ2) is 11.9. The Morgan fingerprint density at radius 3 is 2.68 bits per heavy atom. The molecule has 3 aromatic carbocycles. The first-order valence-electron chi connectivity index (χ1n) is 11.2. The number of carboxylic acids is 1. The first-order chi connectivity index (χ1) is 17.8. The number of likely N-dealkylation sites (N-methyl/N-ethyl adjacent to an activating group) is 1.